The van der Waals surface area contributed by atoms with Crippen molar-refractivity contribution in [3.05, 3.63) is 0 Å². The van der Waals surface area contributed by atoms with E-state index in [2.05, 4.69) is 15.3 Å². The van der Waals surface area contributed by atoms with Crippen LogP contribution in [0.1, 0.15) is 19.8 Å². The molecule has 0 radical (unpaired) electrons. The summed E-state index contributed by atoms with van der Waals surface area (Å²) in [4.78, 5) is 0. The number of nitrogens with zero attached hydrogens (tertiary/aromatic N) is 2. The second kappa shape index (κ2) is 8.42. The maximum absolute atomic E-state index is 12.8. The van der Waals surface area contributed by atoms with Crippen molar-refractivity contribution in [3.8, 4) is 0 Å². The predicted octanol–water partition coefficient (Wildman–Crippen LogP) is -4.30. The van der Waals surface area contributed by atoms with Crippen LogP contribution in [-0.2, 0) is 18.9 Å². The van der Waals surface area contributed by atoms with Gasteiger partial charge in [-0.15, -0.1) is 0 Å². The molecule has 0 aromatic carbocycles. The number of aliphatic hydroxyl groups is 4. The molecule has 11 heteroatoms. The van der Waals surface area contributed by atoms with Crippen LogP contribution < -0.4 is 21.5 Å². The third kappa shape index (κ3) is 2.77. The van der Waals surface area contributed by atoms with E-state index in [1.54, 1.807) is 21.3 Å². The van der Waals surface area contributed by atoms with Crippen LogP contribution in [0.2, 0.25) is 0 Å². The molecule has 7 bridgehead atoms. The number of hydrogen-bond donors (Lipinski definition) is 4. The minimum absolute atomic E-state index is 0.138. The summed E-state index contributed by atoms with van der Waals surface area (Å²) in [6.45, 7) is 3.50. The molecule has 15 atom stereocenters. The molecule has 0 aromatic heterocycles. The van der Waals surface area contributed by atoms with Crippen molar-refractivity contribution in [2.45, 2.75) is 64.9 Å². The third-order valence-corrected chi connectivity index (χ3v) is 16.1. The third-order valence-electron chi connectivity index (χ3n) is 11.4. The zero-order valence-corrected chi connectivity index (χ0v) is 24.2. The molecule has 4 N–H and O–H groups in total. The van der Waals surface area contributed by atoms with E-state index in [0.717, 1.165) is 0 Å². The Bertz CT molecular complexity index is 902. The molecule has 36 heavy (non-hydrogen) atoms. The summed E-state index contributed by atoms with van der Waals surface area (Å²) < 4.78 is 26.2. The zero-order chi connectivity index (χ0) is 26.0. The van der Waals surface area contributed by atoms with Gasteiger partial charge < -0.3 is 0 Å². The fourth-order valence-corrected chi connectivity index (χ4v) is 15.3. The van der Waals surface area contributed by atoms with Gasteiger partial charge in [-0.1, -0.05) is 0 Å². The summed E-state index contributed by atoms with van der Waals surface area (Å²) in [5.41, 5.74) is -3.47. The normalized spacial score (nSPS) is 61.9. The number of alkyl halides is 1. The van der Waals surface area contributed by atoms with Crippen molar-refractivity contribution in [1.82, 2.24) is 8.23 Å². The Kier molecular flexibility index (Phi) is 6.21. The molecule has 6 rings (SSSR count). The van der Waals surface area contributed by atoms with E-state index in [9.17, 15) is 20.4 Å². The van der Waals surface area contributed by atoms with Crippen molar-refractivity contribution in [2.75, 3.05) is 55.2 Å². The van der Waals surface area contributed by atoms with Crippen LogP contribution in [0.3, 0.4) is 0 Å². The van der Waals surface area contributed by atoms with Crippen molar-refractivity contribution in [1.29, 1.82) is 0 Å². The molecular weight excluding hydrogens is 583 g/mol. The standard InChI is InChI=1S/C25H42IN2O8/c1-12-17-13-8-23(12,31)21(36-6)20(30)25(17,32)14-9-28-26-24(13)16(34-4)7-15(29)22(11-33-3,10-27(28)2)19(24)18(14)35-5/h12-21,29-32H,7-11H2,1-6H3/q-1/t12?,13?,14-,15-,16+,17+,18+,19-,20+,21+,22?,23-,24?,25+/m1/s1. The molecule has 0 aromatic rings. The summed E-state index contributed by atoms with van der Waals surface area (Å²) >= 11 is -0.745. The van der Waals surface area contributed by atoms with Crippen LogP contribution in [0.4, 0.5) is 0 Å². The molecule has 2 saturated heterocycles. The minimum atomic E-state index is -1.54. The topological polar surface area (TPSA) is 124 Å². The van der Waals surface area contributed by atoms with Crippen LogP contribution >= 0.6 is 0 Å². The van der Waals surface area contributed by atoms with Gasteiger partial charge in [0, 0.05) is 0 Å². The molecule has 0 amide bonds. The van der Waals surface area contributed by atoms with Gasteiger partial charge in [-0.2, -0.15) is 0 Å². The number of hydrogen-bond acceptors (Lipinski definition) is 10. The van der Waals surface area contributed by atoms with Crippen molar-refractivity contribution in [2.24, 2.45) is 35.0 Å². The number of methoxy groups -OCH3 is 4. The van der Waals surface area contributed by atoms with E-state index < -0.39 is 71.9 Å². The summed E-state index contributed by atoms with van der Waals surface area (Å²) in [5.74, 6) is -1.41. The Hall–Kier alpha value is 0.330. The van der Waals surface area contributed by atoms with Crippen molar-refractivity contribution in [3.63, 3.8) is 0 Å². The average Bonchev–Trinajstić information content (AvgIpc) is 2.94. The van der Waals surface area contributed by atoms with Gasteiger partial charge in [-0.25, -0.2) is 0 Å². The average molecular weight is 626 g/mol. The molecule has 0 spiro atoms. The summed E-state index contributed by atoms with van der Waals surface area (Å²) in [5, 5.41) is 50.9. The SMILES string of the molecule is COCC12CN(C)N3C[C@@H]4[C@H](OC)[C@H]1C([I-]3)(C1C[C@@]3(O)C(C)[C@@H]1[C@]4(O)[C@@H](O)[C@@H]3OC)[C@@H](OC)C[C@H]2O. The van der Waals surface area contributed by atoms with Gasteiger partial charge in [0.2, 0.25) is 0 Å². The fourth-order valence-electron chi connectivity index (χ4n) is 10.2. The first-order valence-corrected chi connectivity index (χ1v) is 15.1. The number of hydrazine groups is 1. The van der Waals surface area contributed by atoms with E-state index in [4.69, 9.17) is 18.9 Å². The van der Waals surface area contributed by atoms with Gasteiger partial charge >= 0.3 is 224 Å². The van der Waals surface area contributed by atoms with Gasteiger partial charge in [0.15, 0.2) is 0 Å². The Morgan fingerprint density at radius 1 is 1.03 bits per heavy atom. The molecule has 10 nitrogen and oxygen atoms in total. The molecule has 208 valence electrons. The number of fused-ring (bicyclic) bond motifs is 4. The number of rotatable bonds is 5. The molecule has 2 heterocycles. The number of ether oxygens (including phenoxy) is 4. The van der Waals surface area contributed by atoms with Crippen LogP contribution in [0.25, 0.3) is 0 Å². The second-order valence-corrected chi connectivity index (χ2v) is 15.7. The van der Waals surface area contributed by atoms with Crippen LogP contribution in [0.5, 0.6) is 0 Å². The first-order chi connectivity index (χ1) is 17.0. The Labute approximate surface area is 223 Å². The first kappa shape index (κ1) is 26.5. The summed E-state index contributed by atoms with van der Waals surface area (Å²) in [6.07, 6.45) is -2.71. The summed E-state index contributed by atoms with van der Waals surface area (Å²) in [6, 6.07) is 0. The van der Waals surface area contributed by atoms with E-state index in [-0.39, 0.29) is 29.8 Å². The molecule has 5 unspecified atom stereocenters. The molecule has 4 aliphatic carbocycles. The fraction of sp³-hybridized carbons (Fsp3) is 1.00. The Morgan fingerprint density at radius 2 is 1.75 bits per heavy atom. The van der Waals surface area contributed by atoms with Gasteiger partial charge in [-0.05, 0) is 0 Å². The predicted molar refractivity (Wildman–Crippen MR) is 123 cm³/mol. The van der Waals surface area contributed by atoms with Gasteiger partial charge in [0.05, 0.1) is 0 Å². The van der Waals surface area contributed by atoms with E-state index in [0.29, 0.717) is 32.5 Å². The van der Waals surface area contributed by atoms with Crippen molar-refractivity contribution >= 4 is 0 Å². The molecule has 6 fully saturated rings. The number of halogens is 1. The van der Waals surface area contributed by atoms with E-state index >= 15 is 0 Å². The Balaban J connectivity index is 1.70. The Morgan fingerprint density at radius 3 is 2.36 bits per heavy atom. The van der Waals surface area contributed by atoms with Gasteiger partial charge in [-0.3, -0.25) is 0 Å². The summed E-state index contributed by atoms with van der Waals surface area (Å²) in [7, 11) is 8.65. The van der Waals surface area contributed by atoms with E-state index in [1.165, 1.54) is 7.11 Å². The van der Waals surface area contributed by atoms with Crippen molar-refractivity contribution < 1.29 is 60.9 Å². The molecular formula is C25H42IN2O8-. The quantitative estimate of drug-likeness (QED) is 0.136. The van der Waals surface area contributed by atoms with Gasteiger partial charge in [0.1, 0.15) is 0 Å². The second-order valence-electron chi connectivity index (χ2n) is 12.3. The van der Waals surface area contributed by atoms with Crippen LogP contribution in [0.15, 0.2) is 0 Å². The van der Waals surface area contributed by atoms with E-state index in [1.807, 2.05) is 6.92 Å². The monoisotopic (exact) mass is 625 g/mol. The molecule has 4 saturated carbocycles. The first-order valence-electron chi connectivity index (χ1n) is 13.1. The molecule has 6 aliphatic rings. The number of aliphatic hydroxyl groups excluding tert-OH is 2. The van der Waals surface area contributed by atoms with Crippen LogP contribution in [0, 0.1) is 35.0 Å². The molecule has 2 aliphatic heterocycles. The van der Waals surface area contributed by atoms with Gasteiger partial charge in [0.25, 0.3) is 0 Å². The maximum atomic E-state index is 12.8. The zero-order valence-electron chi connectivity index (χ0n) is 22.0. The van der Waals surface area contributed by atoms with Crippen LogP contribution in [-0.4, -0.2) is 129 Å².